The van der Waals surface area contributed by atoms with Crippen molar-refractivity contribution in [1.82, 2.24) is 4.98 Å². The van der Waals surface area contributed by atoms with Gasteiger partial charge >= 0.3 is 0 Å². The predicted octanol–water partition coefficient (Wildman–Crippen LogP) is 3.18. The third-order valence-electron chi connectivity index (χ3n) is 2.62. The Morgan fingerprint density at radius 2 is 2.20 bits per heavy atom. The number of fused-ring (bicyclic) bond motifs is 1. The number of amides is 1. The average Bonchev–Trinajstić information content (AvgIpc) is 2.71. The topological polar surface area (TPSA) is 68.3 Å². The van der Waals surface area contributed by atoms with Gasteiger partial charge in [-0.15, -0.1) is 0 Å². The van der Waals surface area contributed by atoms with Crippen LogP contribution in [0.5, 0.6) is 5.75 Å². The number of anilines is 1. The van der Waals surface area contributed by atoms with E-state index in [1.165, 1.54) is 25.4 Å². The molecule has 0 atom stereocenters. The second-order valence-corrected chi connectivity index (χ2v) is 5.74. The molecule has 1 aromatic heterocycles. The zero-order chi connectivity index (χ0) is 14.9. The van der Waals surface area contributed by atoms with Gasteiger partial charge in [-0.1, -0.05) is 22.9 Å². The molecular formula is C13H13ClN2O3S. The van der Waals surface area contributed by atoms with Crippen molar-refractivity contribution in [3.8, 4) is 5.75 Å². The number of halogens is 1. The summed E-state index contributed by atoms with van der Waals surface area (Å²) in [5.74, 6) is -0.0802. The van der Waals surface area contributed by atoms with Crippen LogP contribution in [0.3, 0.4) is 0 Å². The lowest BCUT2D eigenvalue weighted by molar-refractivity contribution is -0.124. The molecule has 2 aromatic rings. The summed E-state index contributed by atoms with van der Waals surface area (Å²) in [5.41, 5.74) is 1.48. The number of aryl methyl sites for hydroxylation is 1. The number of rotatable bonds is 4. The lowest BCUT2D eigenvalue weighted by Crippen LogP contribution is -2.14. The maximum atomic E-state index is 11.6. The second-order valence-electron chi connectivity index (χ2n) is 4.33. The molecule has 1 N–H and O–H groups in total. The fourth-order valence-electron chi connectivity index (χ4n) is 1.76. The fourth-order valence-corrected chi connectivity index (χ4v) is 2.97. The number of benzene rings is 1. The largest absolute Gasteiger partial charge is 0.493 e. The van der Waals surface area contributed by atoms with E-state index in [4.69, 9.17) is 16.3 Å². The van der Waals surface area contributed by atoms with Crippen LogP contribution >= 0.6 is 22.9 Å². The highest BCUT2D eigenvalue weighted by molar-refractivity contribution is 7.22. The highest BCUT2D eigenvalue weighted by Gasteiger charge is 2.16. The van der Waals surface area contributed by atoms with Crippen molar-refractivity contribution in [3.05, 3.63) is 16.7 Å². The van der Waals surface area contributed by atoms with Crippen molar-refractivity contribution in [2.24, 2.45) is 0 Å². The minimum absolute atomic E-state index is 0.160. The fraction of sp³-hybridized carbons (Fsp3) is 0.308. The molecule has 20 heavy (non-hydrogen) atoms. The minimum atomic E-state index is -0.377. The Balaban J connectivity index is 2.39. The van der Waals surface area contributed by atoms with Gasteiger partial charge in [0.25, 0.3) is 0 Å². The Morgan fingerprint density at radius 3 is 2.80 bits per heavy atom. The first-order chi connectivity index (χ1) is 9.42. The summed E-state index contributed by atoms with van der Waals surface area (Å²) in [6.07, 6.45) is -0.160. The van der Waals surface area contributed by atoms with Crippen LogP contribution in [-0.2, 0) is 9.59 Å². The van der Waals surface area contributed by atoms with Crippen LogP contribution in [0.25, 0.3) is 10.2 Å². The number of aromatic nitrogens is 1. The van der Waals surface area contributed by atoms with E-state index in [9.17, 15) is 9.59 Å². The smallest absolute Gasteiger partial charge is 0.233 e. The van der Waals surface area contributed by atoms with E-state index in [1.54, 1.807) is 0 Å². The third kappa shape index (κ3) is 2.91. The number of Topliss-reactive ketones (excluding diaryl/α,β-unsaturated/α-hetero) is 1. The van der Waals surface area contributed by atoms with Gasteiger partial charge in [0.05, 0.1) is 23.3 Å². The van der Waals surface area contributed by atoms with Crippen LogP contribution in [0, 0.1) is 6.92 Å². The molecule has 5 nitrogen and oxygen atoms in total. The Morgan fingerprint density at radius 1 is 1.50 bits per heavy atom. The van der Waals surface area contributed by atoms with Crippen molar-refractivity contribution in [3.63, 3.8) is 0 Å². The normalized spacial score (nSPS) is 10.6. The number of nitrogens with zero attached hydrogens (tertiary/aromatic N) is 1. The lowest BCUT2D eigenvalue weighted by atomic mass is 10.2. The van der Waals surface area contributed by atoms with E-state index >= 15 is 0 Å². The second kappa shape index (κ2) is 5.76. The van der Waals surface area contributed by atoms with Gasteiger partial charge in [-0.25, -0.2) is 4.98 Å². The summed E-state index contributed by atoms with van der Waals surface area (Å²) in [6, 6.07) is 1.89. The zero-order valence-corrected chi connectivity index (χ0v) is 12.8. The quantitative estimate of drug-likeness (QED) is 0.880. The molecule has 0 bridgehead atoms. The monoisotopic (exact) mass is 312 g/mol. The number of thiazole rings is 1. The number of ether oxygens (including phenoxy) is 1. The molecule has 0 saturated heterocycles. The van der Waals surface area contributed by atoms with Gasteiger partial charge in [0.2, 0.25) is 5.91 Å². The third-order valence-corrected chi connectivity index (χ3v) is 4.01. The maximum Gasteiger partial charge on any atom is 0.233 e. The molecule has 0 fully saturated rings. The van der Waals surface area contributed by atoms with Gasteiger partial charge in [-0.3, -0.25) is 9.59 Å². The molecular weight excluding hydrogens is 300 g/mol. The molecule has 0 aliphatic heterocycles. The summed E-state index contributed by atoms with van der Waals surface area (Å²) in [6.45, 7) is 3.24. The highest BCUT2D eigenvalue weighted by atomic mass is 35.5. The number of carbonyl (C=O) groups excluding carboxylic acids is 2. The number of methoxy groups -OCH3 is 1. The Bertz CT molecular complexity index is 696. The van der Waals surface area contributed by atoms with Crippen molar-refractivity contribution in [2.75, 3.05) is 12.4 Å². The van der Waals surface area contributed by atoms with Crippen molar-refractivity contribution < 1.29 is 14.3 Å². The first kappa shape index (κ1) is 14.7. The molecule has 1 amide bonds. The van der Waals surface area contributed by atoms with Crippen LogP contribution in [0.1, 0.15) is 18.9 Å². The summed E-state index contributed by atoms with van der Waals surface area (Å²) < 4.78 is 6.13. The molecule has 0 aliphatic carbocycles. The Labute approximate surface area is 124 Å². The van der Waals surface area contributed by atoms with Gasteiger partial charge in [0.15, 0.2) is 10.9 Å². The summed E-state index contributed by atoms with van der Waals surface area (Å²) in [7, 11) is 1.52. The van der Waals surface area contributed by atoms with E-state index in [-0.39, 0.29) is 18.1 Å². The number of carbonyl (C=O) groups is 2. The molecule has 0 spiro atoms. The first-order valence-corrected chi connectivity index (χ1v) is 7.04. The molecule has 7 heteroatoms. The Kier molecular flexibility index (Phi) is 4.25. The van der Waals surface area contributed by atoms with E-state index < -0.39 is 0 Å². The van der Waals surface area contributed by atoms with Crippen LogP contribution in [0.4, 0.5) is 5.13 Å². The Hall–Kier alpha value is -1.66. The standard InChI is InChI=1S/C13H13ClN2O3S/c1-6-4-8-11(12(19-3)10(6)14)16-13(20-8)15-9(18)5-7(2)17/h4H,5H2,1-3H3,(H,15,16,18). The number of hydrogen-bond acceptors (Lipinski definition) is 5. The SMILES string of the molecule is COc1c(Cl)c(C)cc2sc(NC(=O)CC(C)=O)nc12. The van der Waals surface area contributed by atoms with Crippen molar-refractivity contribution in [1.29, 1.82) is 0 Å². The molecule has 2 rings (SSSR count). The van der Waals surface area contributed by atoms with E-state index in [2.05, 4.69) is 10.3 Å². The lowest BCUT2D eigenvalue weighted by Gasteiger charge is -2.05. The molecule has 0 saturated carbocycles. The zero-order valence-electron chi connectivity index (χ0n) is 11.2. The molecule has 0 aliphatic rings. The van der Waals surface area contributed by atoms with E-state index in [0.29, 0.717) is 21.4 Å². The van der Waals surface area contributed by atoms with Crippen LogP contribution in [0.2, 0.25) is 5.02 Å². The molecule has 0 unspecified atom stereocenters. The van der Waals surface area contributed by atoms with Gasteiger partial charge in [0.1, 0.15) is 11.3 Å². The number of hydrogen-bond donors (Lipinski definition) is 1. The number of nitrogens with one attached hydrogen (secondary N) is 1. The molecule has 1 aromatic carbocycles. The van der Waals surface area contributed by atoms with Crippen LogP contribution in [0.15, 0.2) is 6.07 Å². The van der Waals surface area contributed by atoms with Gasteiger partial charge in [0, 0.05) is 0 Å². The van der Waals surface area contributed by atoms with E-state index in [0.717, 1.165) is 10.3 Å². The van der Waals surface area contributed by atoms with Crippen LogP contribution < -0.4 is 10.1 Å². The maximum absolute atomic E-state index is 11.6. The molecule has 1 heterocycles. The minimum Gasteiger partial charge on any atom is -0.493 e. The van der Waals surface area contributed by atoms with Crippen molar-refractivity contribution >= 4 is 50.0 Å². The highest BCUT2D eigenvalue weighted by Crippen LogP contribution is 2.39. The summed E-state index contributed by atoms with van der Waals surface area (Å²) in [5, 5.41) is 3.53. The van der Waals surface area contributed by atoms with E-state index in [1.807, 2.05) is 13.0 Å². The molecule has 0 radical (unpaired) electrons. The average molecular weight is 313 g/mol. The number of ketones is 1. The van der Waals surface area contributed by atoms with Gasteiger partial charge in [-0.2, -0.15) is 0 Å². The first-order valence-electron chi connectivity index (χ1n) is 5.85. The summed E-state index contributed by atoms with van der Waals surface area (Å²) in [4.78, 5) is 26.8. The predicted molar refractivity (Wildman–Crippen MR) is 79.8 cm³/mol. The van der Waals surface area contributed by atoms with Gasteiger partial charge < -0.3 is 10.1 Å². The van der Waals surface area contributed by atoms with Crippen molar-refractivity contribution in [2.45, 2.75) is 20.3 Å². The van der Waals surface area contributed by atoms with Gasteiger partial charge in [-0.05, 0) is 25.5 Å². The molecule has 106 valence electrons. The summed E-state index contributed by atoms with van der Waals surface area (Å²) >= 11 is 7.48. The van der Waals surface area contributed by atoms with Crippen LogP contribution in [-0.4, -0.2) is 23.8 Å².